The normalized spacial score (nSPS) is 21.4. The molecule has 0 saturated carbocycles. The Morgan fingerprint density at radius 1 is 0.638 bits per heavy atom. The van der Waals surface area contributed by atoms with Crippen molar-refractivity contribution in [2.45, 2.75) is 206 Å². The molecule has 2 saturated heterocycles. The van der Waals surface area contributed by atoms with Gasteiger partial charge >= 0.3 is 5.97 Å². The third kappa shape index (κ3) is 19.9. The molecule has 0 N–H and O–H groups in total. The van der Waals surface area contributed by atoms with Crippen LogP contribution in [0.2, 0.25) is 0 Å². The zero-order valence-electron chi connectivity index (χ0n) is 31.8. The number of hydrogen-bond acceptors (Lipinski definition) is 6. The quantitative estimate of drug-likeness (QED) is 0.0542. The molecule has 2 heterocycles. The number of unbranched alkanes of at least 4 members (excludes halogenated alkanes) is 22. The minimum absolute atomic E-state index is 0.0809. The fourth-order valence-corrected chi connectivity index (χ4v) is 7.14. The number of ether oxygens (including phenoxy) is 4. The van der Waals surface area contributed by atoms with Crippen molar-refractivity contribution in [3.63, 3.8) is 0 Å². The summed E-state index contributed by atoms with van der Waals surface area (Å²) in [7, 11) is 2.12. The Balaban J connectivity index is 1.64. The highest BCUT2D eigenvalue weighted by molar-refractivity contribution is 5.76. The molecule has 2 rings (SSSR count). The molecule has 3 atom stereocenters. The van der Waals surface area contributed by atoms with E-state index in [0.717, 1.165) is 52.0 Å². The maximum absolute atomic E-state index is 13.1. The summed E-state index contributed by atoms with van der Waals surface area (Å²) in [6.45, 7) is 10.7. The molecule has 0 radical (unpaired) electrons. The Morgan fingerprint density at radius 2 is 1.04 bits per heavy atom. The van der Waals surface area contributed by atoms with E-state index in [-0.39, 0.29) is 30.9 Å². The van der Waals surface area contributed by atoms with Gasteiger partial charge in [-0.2, -0.15) is 0 Å². The van der Waals surface area contributed by atoms with Crippen molar-refractivity contribution in [2.24, 2.45) is 5.41 Å². The van der Waals surface area contributed by atoms with E-state index in [4.69, 9.17) is 18.9 Å². The van der Waals surface area contributed by atoms with Crippen LogP contribution in [0.5, 0.6) is 0 Å². The SMILES string of the molecule is CCCCCCCCCCCCCCO[C@@H]1[C@@H](OCCCCCCCCCCCCCC)CO[C@@H]1COC(=O)C1(C)CCN(C)CC1. The first kappa shape index (κ1) is 42.5. The van der Waals surface area contributed by atoms with Crippen LogP contribution in [0.25, 0.3) is 0 Å². The number of rotatable bonds is 31. The molecule has 6 heteroatoms. The molecule has 0 amide bonds. The van der Waals surface area contributed by atoms with Crippen LogP contribution in [-0.2, 0) is 23.7 Å². The van der Waals surface area contributed by atoms with Gasteiger partial charge in [0.25, 0.3) is 0 Å². The molecule has 2 fully saturated rings. The zero-order chi connectivity index (χ0) is 33.8. The molecule has 2 aliphatic rings. The average molecular weight is 666 g/mol. The lowest BCUT2D eigenvalue weighted by Gasteiger charge is -2.36. The van der Waals surface area contributed by atoms with Crippen LogP contribution in [0.4, 0.5) is 0 Å². The van der Waals surface area contributed by atoms with Crippen molar-refractivity contribution in [3.05, 3.63) is 0 Å². The minimum atomic E-state index is -0.402. The van der Waals surface area contributed by atoms with Crippen LogP contribution in [0.1, 0.15) is 188 Å². The summed E-state index contributed by atoms with van der Waals surface area (Å²) in [4.78, 5) is 15.4. The summed E-state index contributed by atoms with van der Waals surface area (Å²) in [5.74, 6) is -0.0882. The standard InChI is InChI=1S/C41H79NO5/c1-5-7-9-11-13-15-17-19-21-23-25-27-33-44-37-35-46-38(36-47-40(43)41(3)29-31-42(4)32-30-41)39(37)45-34-28-26-24-22-20-18-16-14-12-10-8-6-2/h37-39H,5-36H2,1-4H3/t37-,38+,39+/m0/s1. The number of likely N-dealkylation sites (tertiary alicyclic amines) is 1. The third-order valence-corrected chi connectivity index (χ3v) is 10.8. The first-order valence-electron chi connectivity index (χ1n) is 20.7. The molecule has 0 unspecified atom stereocenters. The third-order valence-electron chi connectivity index (χ3n) is 10.8. The maximum Gasteiger partial charge on any atom is 0.311 e. The van der Waals surface area contributed by atoms with Crippen LogP contribution in [-0.4, -0.2) is 75.7 Å². The Bertz CT molecular complexity index is 725. The van der Waals surface area contributed by atoms with E-state index >= 15 is 0 Å². The Labute approximate surface area is 292 Å². The smallest absolute Gasteiger partial charge is 0.311 e. The number of nitrogens with zero attached hydrogens (tertiary/aromatic N) is 1. The van der Waals surface area contributed by atoms with Crippen LogP contribution < -0.4 is 0 Å². The number of carbonyl (C=O) groups excluding carboxylic acids is 1. The first-order chi connectivity index (χ1) is 23.0. The van der Waals surface area contributed by atoms with E-state index in [1.165, 1.54) is 141 Å². The Kier molecular flexibility index (Phi) is 25.4. The van der Waals surface area contributed by atoms with Gasteiger partial charge in [0.15, 0.2) is 0 Å². The second-order valence-electron chi connectivity index (χ2n) is 15.4. The number of carbonyl (C=O) groups is 1. The predicted octanol–water partition coefficient (Wildman–Crippen LogP) is 10.8. The highest BCUT2D eigenvalue weighted by Crippen LogP contribution is 2.32. The lowest BCUT2D eigenvalue weighted by Crippen LogP contribution is -2.43. The summed E-state index contributed by atoms with van der Waals surface area (Å²) >= 11 is 0. The molecule has 0 spiro atoms. The van der Waals surface area contributed by atoms with E-state index in [1.54, 1.807) is 0 Å². The summed E-state index contributed by atoms with van der Waals surface area (Å²) in [5, 5.41) is 0. The summed E-state index contributed by atoms with van der Waals surface area (Å²) in [6, 6.07) is 0. The molecule has 0 aliphatic carbocycles. The van der Waals surface area contributed by atoms with Gasteiger partial charge in [-0.25, -0.2) is 0 Å². The van der Waals surface area contributed by atoms with Gasteiger partial charge in [0.1, 0.15) is 24.9 Å². The molecule has 0 aromatic rings. The van der Waals surface area contributed by atoms with Gasteiger partial charge in [0, 0.05) is 13.2 Å². The lowest BCUT2D eigenvalue weighted by molar-refractivity contribution is -0.163. The number of esters is 1. The second kappa shape index (κ2) is 28.1. The number of piperidine rings is 1. The maximum atomic E-state index is 13.1. The molecular formula is C41H79NO5. The summed E-state index contributed by atoms with van der Waals surface area (Å²) in [6.07, 6.45) is 33.3. The molecule has 0 bridgehead atoms. The van der Waals surface area contributed by atoms with Crippen LogP contribution >= 0.6 is 0 Å². The van der Waals surface area contributed by atoms with Crippen molar-refractivity contribution in [2.75, 3.05) is 46.6 Å². The Morgan fingerprint density at radius 3 is 1.49 bits per heavy atom. The van der Waals surface area contributed by atoms with Gasteiger partial charge in [0.05, 0.1) is 12.0 Å². The number of hydrogen-bond donors (Lipinski definition) is 0. The van der Waals surface area contributed by atoms with Crippen LogP contribution in [0.15, 0.2) is 0 Å². The topological polar surface area (TPSA) is 57.2 Å². The molecule has 0 aromatic heterocycles. The average Bonchev–Trinajstić information content (AvgIpc) is 3.46. The van der Waals surface area contributed by atoms with E-state index in [9.17, 15) is 4.79 Å². The van der Waals surface area contributed by atoms with E-state index < -0.39 is 5.41 Å². The van der Waals surface area contributed by atoms with E-state index in [2.05, 4.69) is 32.7 Å². The van der Waals surface area contributed by atoms with Gasteiger partial charge in [-0.05, 0) is 52.7 Å². The molecule has 6 nitrogen and oxygen atoms in total. The molecule has 278 valence electrons. The predicted molar refractivity (Wildman–Crippen MR) is 197 cm³/mol. The minimum Gasteiger partial charge on any atom is -0.462 e. The van der Waals surface area contributed by atoms with Crippen molar-refractivity contribution in [3.8, 4) is 0 Å². The first-order valence-corrected chi connectivity index (χ1v) is 20.7. The van der Waals surface area contributed by atoms with E-state index in [0.29, 0.717) is 6.61 Å². The highest BCUT2D eigenvalue weighted by atomic mass is 16.6. The molecule has 47 heavy (non-hydrogen) atoms. The van der Waals surface area contributed by atoms with Gasteiger partial charge in [-0.15, -0.1) is 0 Å². The van der Waals surface area contributed by atoms with Crippen molar-refractivity contribution in [1.29, 1.82) is 0 Å². The molecule has 0 aromatic carbocycles. The fourth-order valence-electron chi connectivity index (χ4n) is 7.14. The summed E-state index contributed by atoms with van der Waals surface area (Å²) in [5.41, 5.74) is -0.402. The van der Waals surface area contributed by atoms with Gasteiger partial charge < -0.3 is 23.8 Å². The highest BCUT2D eigenvalue weighted by Gasteiger charge is 2.42. The monoisotopic (exact) mass is 666 g/mol. The second-order valence-corrected chi connectivity index (χ2v) is 15.4. The molecular weight excluding hydrogens is 586 g/mol. The fraction of sp³-hybridized carbons (Fsp3) is 0.976. The summed E-state index contributed by atoms with van der Waals surface area (Å²) < 4.78 is 24.9. The lowest BCUT2D eigenvalue weighted by atomic mass is 9.80. The van der Waals surface area contributed by atoms with Crippen molar-refractivity contribution < 1.29 is 23.7 Å². The largest absolute Gasteiger partial charge is 0.462 e. The van der Waals surface area contributed by atoms with Gasteiger partial charge in [-0.1, -0.05) is 155 Å². The zero-order valence-corrected chi connectivity index (χ0v) is 31.8. The van der Waals surface area contributed by atoms with Crippen molar-refractivity contribution in [1.82, 2.24) is 4.90 Å². The van der Waals surface area contributed by atoms with Crippen LogP contribution in [0.3, 0.4) is 0 Å². The Hall–Kier alpha value is -0.690. The van der Waals surface area contributed by atoms with Crippen molar-refractivity contribution >= 4 is 5.97 Å². The van der Waals surface area contributed by atoms with Crippen LogP contribution in [0, 0.1) is 5.41 Å². The van der Waals surface area contributed by atoms with Gasteiger partial charge in [0.2, 0.25) is 0 Å². The molecule has 2 aliphatic heterocycles. The van der Waals surface area contributed by atoms with Gasteiger partial charge in [-0.3, -0.25) is 4.79 Å². The van der Waals surface area contributed by atoms with E-state index in [1.807, 2.05) is 0 Å².